The fourth-order valence-corrected chi connectivity index (χ4v) is 4.23. The molecule has 0 unspecified atom stereocenters. The third-order valence-electron chi connectivity index (χ3n) is 5.58. The number of carbonyl (C=O) groups excluding carboxylic acids is 2. The molecule has 0 saturated carbocycles. The number of hydrogen-bond donors (Lipinski definition) is 0. The number of hydrogen-bond acceptors (Lipinski definition) is 6. The molecule has 0 bridgehead atoms. The molecule has 0 aromatic heterocycles. The molecule has 37 heavy (non-hydrogen) atoms. The quantitative estimate of drug-likeness (QED) is 0.220. The molecule has 3 aromatic carbocycles. The summed E-state index contributed by atoms with van der Waals surface area (Å²) in [6, 6.07) is 18.0. The van der Waals surface area contributed by atoms with Crippen molar-refractivity contribution in [1.82, 2.24) is 4.90 Å². The van der Waals surface area contributed by atoms with Gasteiger partial charge in [0.2, 0.25) is 0 Å². The van der Waals surface area contributed by atoms with Crippen LogP contribution in [0.5, 0.6) is 11.5 Å². The number of nitrogens with zero attached hydrogens (tertiary/aromatic N) is 2. The predicted octanol–water partition coefficient (Wildman–Crippen LogP) is 5.21. The third-order valence-corrected chi connectivity index (χ3v) is 6.28. The lowest BCUT2D eigenvalue weighted by Gasteiger charge is -2.19. The van der Waals surface area contributed by atoms with E-state index in [1.165, 1.54) is 23.0 Å². The number of benzene rings is 3. The molecular formula is C27H22ClFN2O5S. The van der Waals surface area contributed by atoms with Crippen molar-refractivity contribution in [2.75, 3.05) is 25.7 Å². The molecule has 190 valence electrons. The third kappa shape index (κ3) is 5.73. The molecule has 1 aliphatic heterocycles. The van der Waals surface area contributed by atoms with Gasteiger partial charge in [-0.05, 0) is 66.3 Å². The maximum Gasteiger partial charge on any atom is 0.325 e. The summed E-state index contributed by atoms with van der Waals surface area (Å²) in [6.45, 7) is -0.250. The highest BCUT2D eigenvalue weighted by Crippen LogP contribution is 2.32. The summed E-state index contributed by atoms with van der Waals surface area (Å²) in [5.41, 5.74) is 1.65. The number of rotatable bonds is 8. The lowest BCUT2D eigenvalue weighted by atomic mass is 10.1. The summed E-state index contributed by atoms with van der Waals surface area (Å²) < 4.78 is 29.5. The van der Waals surface area contributed by atoms with E-state index < -0.39 is 11.9 Å². The van der Waals surface area contributed by atoms with Crippen molar-refractivity contribution in [3.8, 4) is 11.5 Å². The summed E-state index contributed by atoms with van der Waals surface area (Å²) in [5.74, 6) is -0.382. The van der Waals surface area contributed by atoms with Gasteiger partial charge in [-0.3, -0.25) is 14.5 Å². The number of methoxy groups -OCH3 is 2. The molecule has 1 amide bonds. The van der Waals surface area contributed by atoms with E-state index in [1.54, 1.807) is 73.8 Å². The van der Waals surface area contributed by atoms with Crippen LogP contribution in [-0.2, 0) is 20.9 Å². The van der Waals surface area contributed by atoms with E-state index in [2.05, 4.69) is 0 Å². The van der Waals surface area contributed by atoms with Crippen molar-refractivity contribution >= 4 is 52.6 Å². The lowest BCUT2D eigenvalue weighted by Crippen LogP contribution is -2.35. The Morgan fingerprint density at radius 3 is 2.46 bits per heavy atom. The molecule has 1 heterocycles. The monoisotopic (exact) mass is 540 g/mol. The lowest BCUT2D eigenvalue weighted by molar-refractivity contribution is -0.140. The second-order valence-electron chi connectivity index (χ2n) is 7.88. The fraction of sp³-hybridized carbons (Fsp3) is 0.148. The zero-order valence-corrected chi connectivity index (χ0v) is 21.5. The van der Waals surface area contributed by atoms with Crippen LogP contribution in [0.15, 0.2) is 72.4 Å². The Labute approximate surface area is 223 Å². The Hall–Kier alpha value is -3.95. The van der Waals surface area contributed by atoms with Crippen LogP contribution in [0.25, 0.3) is 6.08 Å². The van der Waals surface area contributed by atoms with Gasteiger partial charge in [0, 0.05) is 5.56 Å². The van der Waals surface area contributed by atoms with Gasteiger partial charge in [0.05, 0.1) is 24.9 Å². The van der Waals surface area contributed by atoms with Crippen molar-refractivity contribution in [2.24, 2.45) is 0 Å². The summed E-state index contributed by atoms with van der Waals surface area (Å²) in [7, 11) is 2.80. The van der Waals surface area contributed by atoms with E-state index in [0.717, 1.165) is 0 Å². The SMILES string of the molecule is COC(=O)CN1C(=S)N(c2ccc(OC)cc2)C(=O)/C1=C/c1ccc(OCc2ccccc2F)c(Cl)c1. The van der Waals surface area contributed by atoms with Crippen molar-refractivity contribution in [3.05, 3.63) is 94.4 Å². The highest BCUT2D eigenvalue weighted by atomic mass is 35.5. The average Bonchev–Trinajstić information content (AvgIpc) is 3.12. The van der Waals surface area contributed by atoms with E-state index in [-0.39, 0.29) is 34.8 Å². The first-order valence-corrected chi connectivity index (χ1v) is 11.8. The van der Waals surface area contributed by atoms with Gasteiger partial charge < -0.3 is 19.1 Å². The zero-order chi connectivity index (χ0) is 26.5. The Morgan fingerprint density at radius 2 is 1.81 bits per heavy atom. The summed E-state index contributed by atoms with van der Waals surface area (Å²) >= 11 is 12.0. The highest BCUT2D eigenvalue weighted by Gasteiger charge is 2.40. The topological polar surface area (TPSA) is 68.3 Å². The number of carbonyl (C=O) groups is 2. The second kappa shape index (κ2) is 11.4. The van der Waals surface area contributed by atoms with Crippen LogP contribution in [0.3, 0.4) is 0 Å². The smallest absolute Gasteiger partial charge is 0.325 e. The van der Waals surface area contributed by atoms with Gasteiger partial charge in [-0.25, -0.2) is 4.39 Å². The molecule has 3 aromatic rings. The minimum absolute atomic E-state index is 0.00329. The first kappa shape index (κ1) is 26.1. The van der Waals surface area contributed by atoms with Gasteiger partial charge >= 0.3 is 5.97 Å². The standard InChI is InChI=1S/C27H22ClFN2O5S/c1-34-20-10-8-19(9-11-20)31-26(33)23(30(27(31)37)15-25(32)35-2)14-17-7-12-24(21(28)13-17)36-16-18-5-3-4-6-22(18)29/h3-14H,15-16H2,1-2H3/b23-14-. The Bertz CT molecular complexity index is 1380. The molecule has 10 heteroatoms. The molecule has 0 N–H and O–H groups in total. The Morgan fingerprint density at radius 1 is 1.08 bits per heavy atom. The van der Waals surface area contributed by atoms with Crippen LogP contribution in [0, 0.1) is 5.82 Å². The molecule has 1 fully saturated rings. The predicted molar refractivity (Wildman–Crippen MR) is 142 cm³/mol. The molecule has 0 atom stereocenters. The summed E-state index contributed by atoms with van der Waals surface area (Å²) in [6.07, 6.45) is 1.58. The van der Waals surface area contributed by atoms with Crippen molar-refractivity contribution in [1.29, 1.82) is 0 Å². The van der Waals surface area contributed by atoms with Crippen LogP contribution in [0.2, 0.25) is 5.02 Å². The molecule has 4 rings (SSSR count). The van der Waals surface area contributed by atoms with Crippen molar-refractivity contribution in [3.63, 3.8) is 0 Å². The highest BCUT2D eigenvalue weighted by molar-refractivity contribution is 7.80. The first-order valence-electron chi connectivity index (χ1n) is 11.1. The number of ether oxygens (including phenoxy) is 3. The number of thiocarbonyl (C=S) groups is 1. The number of anilines is 1. The van der Waals surface area contributed by atoms with Crippen LogP contribution in [0.1, 0.15) is 11.1 Å². The largest absolute Gasteiger partial charge is 0.497 e. The first-order chi connectivity index (χ1) is 17.8. The molecule has 0 radical (unpaired) electrons. The number of amides is 1. The van der Waals surface area contributed by atoms with E-state index in [4.69, 9.17) is 38.0 Å². The van der Waals surface area contributed by atoms with Crippen LogP contribution >= 0.6 is 23.8 Å². The molecule has 1 saturated heterocycles. The van der Waals surface area contributed by atoms with E-state index in [0.29, 0.717) is 28.3 Å². The minimum Gasteiger partial charge on any atom is -0.497 e. The maximum atomic E-state index is 13.9. The van der Waals surface area contributed by atoms with Gasteiger partial charge in [-0.15, -0.1) is 0 Å². The number of halogens is 2. The minimum atomic E-state index is -0.562. The second-order valence-corrected chi connectivity index (χ2v) is 8.66. The van der Waals surface area contributed by atoms with Gasteiger partial charge in [-0.1, -0.05) is 35.9 Å². The van der Waals surface area contributed by atoms with Gasteiger partial charge in [0.1, 0.15) is 36.2 Å². The number of esters is 1. The molecule has 0 aliphatic carbocycles. The summed E-state index contributed by atoms with van der Waals surface area (Å²) in [4.78, 5) is 28.3. The van der Waals surface area contributed by atoms with Gasteiger partial charge in [0.15, 0.2) is 5.11 Å². The summed E-state index contributed by atoms with van der Waals surface area (Å²) in [5, 5.41) is 0.396. The molecular weight excluding hydrogens is 519 g/mol. The van der Waals surface area contributed by atoms with Crippen LogP contribution in [0.4, 0.5) is 10.1 Å². The van der Waals surface area contributed by atoms with E-state index >= 15 is 0 Å². The molecule has 1 aliphatic rings. The Balaban J connectivity index is 1.62. The molecule has 0 spiro atoms. The average molecular weight is 541 g/mol. The maximum absolute atomic E-state index is 13.9. The Kier molecular flexibility index (Phi) is 8.05. The molecule has 7 nitrogen and oxygen atoms in total. The normalized spacial score (nSPS) is 14.3. The van der Waals surface area contributed by atoms with Gasteiger partial charge in [0.25, 0.3) is 5.91 Å². The van der Waals surface area contributed by atoms with Crippen molar-refractivity contribution < 1.29 is 28.2 Å². The van der Waals surface area contributed by atoms with Gasteiger partial charge in [-0.2, -0.15) is 0 Å². The zero-order valence-electron chi connectivity index (χ0n) is 19.9. The fourth-order valence-electron chi connectivity index (χ4n) is 3.64. The van der Waals surface area contributed by atoms with E-state index in [9.17, 15) is 14.0 Å². The van der Waals surface area contributed by atoms with Crippen LogP contribution < -0.4 is 14.4 Å². The van der Waals surface area contributed by atoms with Crippen LogP contribution in [-0.4, -0.2) is 42.7 Å². The van der Waals surface area contributed by atoms with Crippen molar-refractivity contribution in [2.45, 2.75) is 6.61 Å². The van der Waals surface area contributed by atoms with E-state index in [1.807, 2.05) is 0 Å².